The standard InChI is InChI=1S/C19H16N2O3.C9H20N2O2/c22-12-11-21(16-8-6-14(13-23)7-9-16)19(24)17-5-1-3-15-4-2-10-20-18(15)17;1-7(5-8(12)11-13)9(2,3)6-10-4/h1-10,13,22H,11-12H2;7,10,13H,5-6H2,1-4H3,(H,11,12). The second-order valence-electron chi connectivity index (χ2n) is 9.43. The fraction of sp³-hybridized carbons (Fsp3) is 0.357. The summed E-state index contributed by atoms with van der Waals surface area (Å²) in [5, 5.41) is 21.7. The molecule has 1 atom stereocenters. The summed E-state index contributed by atoms with van der Waals surface area (Å²) >= 11 is 0. The van der Waals surface area contributed by atoms with E-state index >= 15 is 0 Å². The van der Waals surface area contributed by atoms with E-state index in [0.29, 0.717) is 28.8 Å². The number of hydrogen-bond donors (Lipinski definition) is 4. The van der Waals surface area contributed by atoms with E-state index in [1.165, 1.54) is 4.90 Å². The highest BCUT2D eigenvalue weighted by molar-refractivity contribution is 6.13. The van der Waals surface area contributed by atoms with Gasteiger partial charge in [-0.05, 0) is 54.8 Å². The van der Waals surface area contributed by atoms with Gasteiger partial charge in [-0.1, -0.05) is 39.0 Å². The van der Waals surface area contributed by atoms with Crippen molar-refractivity contribution in [3.05, 3.63) is 71.9 Å². The second-order valence-corrected chi connectivity index (χ2v) is 9.43. The first kappa shape index (κ1) is 29.6. The molecule has 3 rings (SSSR count). The Kier molecular flexibility index (Phi) is 11.3. The molecule has 1 aromatic heterocycles. The van der Waals surface area contributed by atoms with Gasteiger partial charge in [0.05, 0.1) is 17.7 Å². The quantitative estimate of drug-likeness (QED) is 0.187. The lowest BCUT2D eigenvalue weighted by molar-refractivity contribution is -0.130. The molecule has 2 amide bonds. The molecule has 0 bridgehead atoms. The number of nitrogens with one attached hydrogen (secondary N) is 2. The number of aldehydes is 1. The molecule has 37 heavy (non-hydrogen) atoms. The normalized spacial score (nSPS) is 11.7. The molecule has 0 aliphatic rings. The molecular formula is C28H36N4O5. The first-order chi connectivity index (χ1) is 17.7. The van der Waals surface area contributed by atoms with E-state index in [1.807, 2.05) is 38.2 Å². The Bertz CT molecular complexity index is 1180. The molecule has 0 saturated carbocycles. The third-order valence-corrected chi connectivity index (χ3v) is 6.36. The van der Waals surface area contributed by atoms with Gasteiger partial charge in [-0.15, -0.1) is 0 Å². The lowest BCUT2D eigenvalue weighted by Crippen LogP contribution is -2.35. The van der Waals surface area contributed by atoms with Crippen molar-refractivity contribution in [1.82, 2.24) is 15.8 Å². The van der Waals surface area contributed by atoms with Crippen LogP contribution in [0.15, 0.2) is 60.8 Å². The van der Waals surface area contributed by atoms with E-state index < -0.39 is 0 Å². The molecule has 0 aliphatic carbocycles. The number of benzene rings is 2. The summed E-state index contributed by atoms with van der Waals surface area (Å²) in [6.07, 6.45) is 2.75. The smallest absolute Gasteiger partial charge is 0.260 e. The van der Waals surface area contributed by atoms with Gasteiger partial charge < -0.3 is 15.3 Å². The number of carbonyl (C=O) groups is 3. The van der Waals surface area contributed by atoms with E-state index in [9.17, 15) is 19.5 Å². The number of nitrogens with zero attached hydrogens (tertiary/aromatic N) is 2. The third-order valence-electron chi connectivity index (χ3n) is 6.36. The Morgan fingerprint density at radius 2 is 1.78 bits per heavy atom. The Balaban J connectivity index is 0.000000317. The average Bonchev–Trinajstić information content (AvgIpc) is 2.91. The van der Waals surface area contributed by atoms with Crippen LogP contribution in [0.1, 0.15) is 47.9 Å². The number of anilines is 1. The number of fused-ring (bicyclic) bond motifs is 1. The number of carbonyl (C=O) groups excluding carboxylic acids is 3. The van der Waals surface area contributed by atoms with Gasteiger partial charge in [0.1, 0.15) is 6.29 Å². The number of pyridine rings is 1. The molecule has 4 N–H and O–H groups in total. The maximum Gasteiger partial charge on any atom is 0.260 e. The van der Waals surface area contributed by atoms with Crippen molar-refractivity contribution in [2.24, 2.45) is 11.3 Å². The first-order valence-electron chi connectivity index (χ1n) is 12.1. The molecular weight excluding hydrogens is 472 g/mol. The molecule has 2 aromatic carbocycles. The Hall–Kier alpha value is -3.66. The van der Waals surface area contributed by atoms with E-state index in [-0.39, 0.29) is 36.3 Å². The highest BCUT2D eigenvalue weighted by Crippen LogP contribution is 2.28. The summed E-state index contributed by atoms with van der Waals surface area (Å²) in [6, 6.07) is 15.8. The molecule has 9 nitrogen and oxygen atoms in total. The molecule has 198 valence electrons. The average molecular weight is 509 g/mol. The fourth-order valence-electron chi connectivity index (χ4n) is 3.83. The molecule has 0 radical (unpaired) electrons. The van der Waals surface area contributed by atoms with Gasteiger partial charge in [-0.25, -0.2) is 5.48 Å². The third kappa shape index (κ3) is 8.18. The minimum atomic E-state index is -0.323. The van der Waals surface area contributed by atoms with Crippen molar-refractivity contribution in [3.63, 3.8) is 0 Å². The van der Waals surface area contributed by atoms with Crippen LogP contribution in [0.2, 0.25) is 0 Å². The number of aromatic nitrogens is 1. The topological polar surface area (TPSA) is 132 Å². The van der Waals surface area contributed by atoms with Crippen LogP contribution in [-0.4, -0.2) is 60.1 Å². The number of amides is 2. The zero-order chi connectivity index (χ0) is 27.4. The molecule has 9 heteroatoms. The van der Waals surface area contributed by atoms with Crippen LogP contribution in [0.4, 0.5) is 5.69 Å². The SMILES string of the molecule is CNCC(C)(C)C(C)CC(=O)NO.O=Cc1ccc(N(CCO)C(=O)c2cccc3cccnc23)cc1. The number of aliphatic hydroxyl groups excluding tert-OH is 1. The lowest BCUT2D eigenvalue weighted by Gasteiger charge is -2.31. The maximum absolute atomic E-state index is 13.0. The van der Waals surface area contributed by atoms with Crippen LogP contribution in [0.25, 0.3) is 10.9 Å². The van der Waals surface area contributed by atoms with E-state index in [0.717, 1.165) is 18.2 Å². The summed E-state index contributed by atoms with van der Waals surface area (Å²) in [6.45, 7) is 7.04. The minimum absolute atomic E-state index is 0.0568. The van der Waals surface area contributed by atoms with Crippen LogP contribution in [0.3, 0.4) is 0 Å². The van der Waals surface area contributed by atoms with E-state index in [1.54, 1.807) is 42.0 Å². The monoisotopic (exact) mass is 508 g/mol. The minimum Gasteiger partial charge on any atom is -0.395 e. The van der Waals surface area contributed by atoms with Gasteiger partial charge in [0, 0.05) is 42.3 Å². The molecule has 0 saturated heterocycles. The zero-order valence-electron chi connectivity index (χ0n) is 21.8. The van der Waals surface area contributed by atoms with Crippen molar-refractivity contribution in [2.45, 2.75) is 27.2 Å². The fourth-order valence-corrected chi connectivity index (χ4v) is 3.83. The summed E-state index contributed by atoms with van der Waals surface area (Å²) in [5.41, 5.74) is 3.95. The summed E-state index contributed by atoms with van der Waals surface area (Å²) in [5.74, 6) is -0.337. The first-order valence-corrected chi connectivity index (χ1v) is 12.1. The molecule has 0 aliphatic heterocycles. The largest absolute Gasteiger partial charge is 0.395 e. The number of hydroxylamine groups is 1. The predicted molar refractivity (Wildman–Crippen MR) is 144 cm³/mol. The van der Waals surface area contributed by atoms with Crippen molar-refractivity contribution in [2.75, 3.05) is 31.6 Å². The van der Waals surface area contributed by atoms with Crippen LogP contribution in [0, 0.1) is 11.3 Å². The van der Waals surface area contributed by atoms with E-state index in [4.69, 9.17) is 5.21 Å². The summed E-state index contributed by atoms with van der Waals surface area (Å²) in [4.78, 5) is 40.5. The van der Waals surface area contributed by atoms with Gasteiger partial charge in [0.25, 0.3) is 5.91 Å². The van der Waals surface area contributed by atoms with Crippen LogP contribution in [-0.2, 0) is 4.79 Å². The molecule has 3 aromatic rings. The number of rotatable bonds is 10. The molecule has 1 heterocycles. The molecule has 0 fully saturated rings. The maximum atomic E-state index is 13.0. The van der Waals surface area contributed by atoms with E-state index in [2.05, 4.69) is 24.1 Å². The Morgan fingerprint density at radius 1 is 1.11 bits per heavy atom. The second kappa shape index (κ2) is 14.2. The Morgan fingerprint density at radius 3 is 2.38 bits per heavy atom. The van der Waals surface area contributed by atoms with Gasteiger partial charge >= 0.3 is 0 Å². The molecule has 0 spiro atoms. The number of hydrogen-bond acceptors (Lipinski definition) is 7. The van der Waals surface area contributed by atoms with Gasteiger partial charge in [-0.3, -0.25) is 24.6 Å². The van der Waals surface area contributed by atoms with Crippen LogP contribution < -0.4 is 15.7 Å². The number of para-hydroxylation sites is 1. The summed E-state index contributed by atoms with van der Waals surface area (Å²) < 4.78 is 0. The van der Waals surface area contributed by atoms with Crippen LogP contribution >= 0.6 is 0 Å². The van der Waals surface area contributed by atoms with Crippen LogP contribution in [0.5, 0.6) is 0 Å². The predicted octanol–water partition coefficient (Wildman–Crippen LogP) is 3.45. The Labute approximate surface area is 217 Å². The van der Waals surface area contributed by atoms with Crippen molar-refractivity contribution < 1.29 is 24.7 Å². The lowest BCUT2D eigenvalue weighted by atomic mass is 9.78. The van der Waals surface area contributed by atoms with Crippen molar-refractivity contribution >= 4 is 34.7 Å². The highest BCUT2D eigenvalue weighted by atomic mass is 16.5. The molecule has 1 unspecified atom stereocenters. The van der Waals surface area contributed by atoms with Gasteiger partial charge in [0.15, 0.2) is 0 Å². The van der Waals surface area contributed by atoms with Gasteiger partial charge in [0.2, 0.25) is 5.91 Å². The van der Waals surface area contributed by atoms with Crippen molar-refractivity contribution in [3.8, 4) is 0 Å². The highest BCUT2D eigenvalue weighted by Gasteiger charge is 2.26. The summed E-state index contributed by atoms with van der Waals surface area (Å²) in [7, 11) is 1.89. The zero-order valence-corrected chi connectivity index (χ0v) is 21.8. The van der Waals surface area contributed by atoms with Gasteiger partial charge in [-0.2, -0.15) is 0 Å². The van der Waals surface area contributed by atoms with Crippen molar-refractivity contribution in [1.29, 1.82) is 0 Å². The number of aliphatic hydroxyl groups is 1.